The average molecular weight is 373 g/mol. The SMILES string of the molecule is COC(=O)c1cn(C[C@H](O)COc2ccc(OC)cc2)cc2c(=O)[nH]nc1-2. The van der Waals surface area contributed by atoms with Gasteiger partial charge in [0.05, 0.1) is 26.3 Å². The Labute approximate surface area is 154 Å². The molecule has 142 valence electrons. The van der Waals surface area contributed by atoms with Gasteiger partial charge >= 0.3 is 5.97 Å². The van der Waals surface area contributed by atoms with E-state index in [1.165, 1.54) is 24.1 Å². The fourth-order valence-electron chi connectivity index (χ4n) is 2.61. The zero-order valence-corrected chi connectivity index (χ0v) is 14.8. The van der Waals surface area contributed by atoms with Gasteiger partial charge in [-0.25, -0.2) is 9.89 Å². The number of aliphatic hydroxyl groups is 1. The molecule has 0 aromatic heterocycles. The van der Waals surface area contributed by atoms with E-state index in [0.717, 1.165) is 0 Å². The number of esters is 1. The van der Waals surface area contributed by atoms with Gasteiger partial charge in [0.15, 0.2) is 0 Å². The van der Waals surface area contributed by atoms with Crippen LogP contribution in [0.1, 0.15) is 10.4 Å². The summed E-state index contributed by atoms with van der Waals surface area (Å²) < 4.78 is 16.9. The van der Waals surface area contributed by atoms with Crippen LogP contribution < -0.4 is 15.0 Å². The minimum absolute atomic E-state index is 0.0283. The van der Waals surface area contributed by atoms with Gasteiger partial charge < -0.3 is 23.9 Å². The molecular formula is C18H19N3O6. The topological polar surface area (TPSA) is 116 Å². The van der Waals surface area contributed by atoms with Crippen molar-refractivity contribution in [1.29, 1.82) is 0 Å². The number of aliphatic hydroxyl groups excluding tert-OH is 1. The maximum absolute atomic E-state index is 11.9. The molecule has 0 aliphatic carbocycles. The van der Waals surface area contributed by atoms with Gasteiger partial charge in [-0.3, -0.25) is 4.79 Å². The predicted octanol–water partition coefficient (Wildman–Crippen LogP) is 0.911. The molecule has 3 rings (SSSR count). The number of rotatable bonds is 7. The van der Waals surface area contributed by atoms with Crippen molar-refractivity contribution in [3.63, 3.8) is 0 Å². The van der Waals surface area contributed by atoms with Gasteiger partial charge in [-0.1, -0.05) is 0 Å². The number of methoxy groups -OCH3 is 2. The van der Waals surface area contributed by atoms with Gasteiger partial charge in [0.25, 0.3) is 5.56 Å². The molecule has 0 amide bonds. The van der Waals surface area contributed by atoms with Crippen LogP contribution in [0, 0.1) is 0 Å². The Balaban J connectivity index is 1.73. The number of aromatic nitrogens is 3. The Morgan fingerprint density at radius 3 is 2.59 bits per heavy atom. The number of nitrogens with one attached hydrogen (secondary N) is 1. The van der Waals surface area contributed by atoms with E-state index in [0.29, 0.717) is 11.5 Å². The van der Waals surface area contributed by atoms with E-state index in [1.807, 2.05) is 0 Å². The van der Waals surface area contributed by atoms with Crippen molar-refractivity contribution < 1.29 is 24.1 Å². The van der Waals surface area contributed by atoms with E-state index in [9.17, 15) is 14.7 Å². The predicted molar refractivity (Wildman–Crippen MR) is 95.3 cm³/mol. The van der Waals surface area contributed by atoms with Crippen LogP contribution in [-0.4, -0.2) is 52.8 Å². The van der Waals surface area contributed by atoms with Gasteiger partial charge in [-0.05, 0) is 24.3 Å². The molecule has 1 aromatic rings. The van der Waals surface area contributed by atoms with Crippen molar-refractivity contribution in [2.45, 2.75) is 12.6 Å². The smallest absolute Gasteiger partial charge is 0.341 e. The maximum Gasteiger partial charge on any atom is 0.341 e. The molecule has 0 unspecified atom stereocenters. The molecule has 1 aromatic carbocycles. The van der Waals surface area contributed by atoms with E-state index in [4.69, 9.17) is 14.2 Å². The highest BCUT2D eigenvalue weighted by atomic mass is 16.5. The number of nitrogens with zero attached hydrogens (tertiary/aromatic N) is 2. The summed E-state index contributed by atoms with van der Waals surface area (Å²) in [6, 6.07) is 6.97. The Hall–Kier alpha value is -3.33. The van der Waals surface area contributed by atoms with Crippen LogP contribution in [0.2, 0.25) is 0 Å². The molecule has 0 spiro atoms. The summed E-state index contributed by atoms with van der Waals surface area (Å²) in [5.74, 6) is 0.669. The second-order valence-corrected chi connectivity index (χ2v) is 5.82. The summed E-state index contributed by atoms with van der Waals surface area (Å²) in [5.41, 5.74) is 0.179. The molecule has 0 saturated carbocycles. The number of H-pyrrole nitrogens is 1. The lowest BCUT2D eigenvalue weighted by Gasteiger charge is -2.16. The standard InChI is InChI=1S/C18H19N3O6/c1-25-12-3-5-13(6-4-12)27-10-11(22)7-21-8-14-16(19-20-17(14)23)15(9-21)18(24)26-2/h3-6,8-9,11,22H,7,10H2,1-2H3,(H,20,23)/t11-/m0/s1. The van der Waals surface area contributed by atoms with E-state index < -0.39 is 17.6 Å². The molecule has 2 aliphatic heterocycles. The van der Waals surface area contributed by atoms with Crippen LogP contribution in [-0.2, 0) is 11.3 Å². The highest BCUT2D eigenvalue weighted by Gasteiger charge is 2.22. The molecule has 2 heterocycles. The molecule has 27 heavy (non-hydrogen) atoms. The molecule has 0 fully saturated rings. The van der Waals surface area contributed by atoms with Crippen molar-refractivity contribution in [3.05, 3.63) is 52.6 Å². The van der Waals surface area contributed by atoms with E-state index in [1.54, 1.807) is 31.4 Å². The fraction of sp³-hybridized carbons (Fsp3) is 0.278. The largest absolute Gasteiger partial charge is 0.497 e. The van der Waals surface area contributed by atoms with Crippen LogP contribution in [0.4, 0.5) is 0 Å². The van der Waals surface area contributed by atoms with Gasteiger partial charge in [0.1, 0.15) is 35.5 Å². The van der Waals surface area contributed by atoms with Crippen molar-refractivity contribution in [2.75, 3.05) is 20.8 Å². The number of benzene rings is 1. The van der Waals surface area contributed by atoms with E-state index in [2.05, 4.69) is 10.2 Å². The zero-order chi connectivity index (χ0) is 19.4. The third-order valence-corrected chi connectivity index (χ3v) is 3.94. The fourth-order valence-corrected chi connectivity index (χ4v) is 2.61. The number of aromatic amines is 1. The maximum atomic E-state index is 11.9. The Morgan fingerprint density at radius 2 is 1.93 bits per heavy atom. The first-order valence-electron chi connectivity index (χ1n) is 8.13. The second kappa shape index (κ2) is 7.92. The average Bonchev–Trinajstić information content (AvgIpc) is 3.06. The molecule has 2 N–H and O–H groups in total. The number of hydrogen-bond donors (Lipinski definition) is 2. The van der Waals surface area contributed by atoms with Crippen LogP contribution in [0.25, 0.3) is 11.3 Å². The number of ether oxygens (including phenoxy) is 3. The first-order chi connectivity index (χ1) is 13.0. The Kier molecular flexibility index (Phi) is 5.41. The minimum Gasteiger partial charge on any atom is -0.497 e. The number of carbonyl (C=O) groups is 1. The molecular weight excluding hydrogens is 354 g/mol. The summed E-state index contributed by atoms with van der Waals surface area (Å²) in [6.45, 7) is 0.140. The number of pyridine rings is 1. The third-order valence-electron chi connectivity index (χ3n) is 3.94. The van der Waals surface area contributed by atoms with Crippen molar-refractivity contribution >= 4 is 5.97 Å². The summed E-state index contributed by atoms with van der Waals surface area (Å²) in [6.07, 6.45) is 2.12. The summed E-state index contributed by atoms with van der Waals surface area (Å²) in [5, 5.41) is 16.4. The van der Waals surface area contributed by atoms with Crippen LogP contribution >= 0.6 is 0 Å². The van der Waals surface area contributed by atoms with Gasteiger partial charge in [0.2, 0.25) is 0 Å². The quantitative estimate of drug-likeness (QED) is 0.592. The molecule has 0 radical (unpaired) electrons. The zero-order valence-electron chi connectivity index (χ0n) is 14.8. The second-order valence-electron chi connectivity index (χ2n) is 5.82. The molecule has 0 saturated heterocycles. The molecule has 9 heteroatoms. The minimum atomic E-state index is -0.873. The van der Waals surface area contributed by atoms with E-state index >= 15 is 0 Å². The summed E-state index contributed by atoms with van der Waals surface area (Å²) in [4.78, 5) is 23.8. The van der Waals surface area contributed by atoms with Gasteiger partial charge in [-0.15, -0.1) is 0 Å². The summed E-state index contributed by atoms with van der Waals surface area (Å²) >= 11 is 0. The molecule has 0 bridgehead atoms. The van der Waals surface area contributed by atoms with Crippen molar-refractivity contribution in [1.82, 2.24) is 14.8 Å². The highest BCUT2D eigenvalue weighted by Crippen LogP contribution is 2.21. The van der Waals surface area contributed by atoms with E-state index in [-0.39, 0.29) is 30.0 Å². The molecule has 9 nitrogen and oxygen atoms in total. The normalized spacial score (nSPS) is 12.0. The molecule has 1 atom stereocenters. The summed E-state index contributed by atoms with van der Waals surface area (Å²) in [7, 11) is 2.82. The van der Waals surface area contributed by atoms with Gasteiger partial charge in [-0.2, -0.15) is 5.10 Å². The third kappa shape index (κ3) is 4.09. The Bertz CT molecular complexity index is 947. The van der Waals surface area contributed by atoms with Crippen LogP contribution in [0.15, 0.2) is 41.5 Å². The lowest BCUT2D eigenvalue weighted by molar-refractivity contribution is 0.0598. The van der Waals surface area contributed by atoms with Crippen molar-refractivity contribution in [3.8, 4) is 22.8 Å². The van der Waals surface area contributed by atoms with Crippen LogP contribution in [0.3, 0.4) is 0 Å². The highest BCUT2D eigenvalue weighted by molar-refractivity contribution is 5.95. The van der Waals surface area contributed by atoms with Gasteiger partial charge in [0, 0.05) is 12.4 Å². The lowest BCUT2D eigenvalue weighted by atomic mass is 10.1. The molecule has 2 aliphatic rings. The monoisotopic (exact) mass is 373 g/mol. The first-order valence-corrected chi connectivity index (χ1v) is 8.13. The number of carbonyl (C=O) groups excluding carboxylic acids is 1. The van der Waals surface area contributed by atoms with Crippen molar-refractivity contribution in [2.24, 2.45) is 0 Å². The lowest BCUT2D eigenvalue weighted by Crippen LogP contribution is -2.24. The van der Waals surface area contributed by atoms with Crippen LogP contribution in [0.5, 0.6) is 11.5 Å². The Morgan fingerprint density at radius 1 is 1.22 bits per heavy atom. The number of fused-ring (bicyclic) bond motifs is 1. The number of hydrogen-bond acceptors (Lipinski definition) is 7. The first kappa shape index (κ1) is 18.5.